The summed E-state index contributed by atoms with van der Waals surface area (Å²) in [5.74, 6) is -8.20. The van der Waals surface area contributed by atoms with Gasteiger partial charge in [0.1, 0.15) is 41.9 Å². The Morgan fingerprint density at radius 1 is 0.724 bits per heavy atom. The van der Waals surface area contributed by atoms with E-state index in [9.17, 15) is 48.3 Å². The van der Waals surface area contributed by atoms with Gasteiger partial charge in [0.15, 0.2) is 11.9 Å². The van der Waals surface area contributed by atoms with E-state index in [-0.39, 0.29) is 102 Å². The zero-order valence-electron chi connectivity index (χ0n) is 42.5. The summed E-state index contributed by atoms with van der Waals surface area (Å²) in [7, 11) is 0. The van der Waals surface area contributed by atoms with Crippen LogP contribution in [-0.4, -0.2) is 138 Å². The van der Waals surface area contributed by atoms with E-state index in [1.54, 1.807) is 54.7 Å². The lowest BCUT2D eigenvalue weighted by molar-refractivity contribution is -0.136. The quantitative estimate of drug-likeness (QED) is 0.0316. The topological polar surface area (TPSA) is 441 Å². The Labute approximate surface area is 439 Å². The fourth-order valence-electron chi connectivity index (χ4n) is 8.17. The number of carboxylic acid groups (broad SMARTS) is 1. The van der Waals surface area contributed by atoms with Crippen molar-refractivity contribution in [2.24, 2.45) is 38.7 Å². The number of carbonyl (C=O) groups excluding carboxylic acids is 8. The van der Waals surface area contributed by atoms with Gasteiger partial charge in [-0.05, 0) is 81.5 Å². The first-order valence-corrected chi connectivity index (χ1v) is 25.0. The van der Waals surface area contributed by atoms with Crippen molar-refractivity contribution < 1.29 is 48.3 Å². The van der Waals surface area contributed by atoms with Crippen LogP contribution >= 0.6 is 0 Å². The highest BCUT2D eigenvalue weighted by Gasteiger charge is 2.34. The number of H-pyrrole nitrogens is 1. The van der Waals surface area contributed by atoms with Gasteiger partial charge in [0.2, 0.25) is 47.3 Å². The minimum atomic E-state index is -1.53. The number of carboxylic acids is 1. The van der Waals surface area contributed by atoms with Gasteiger partial charge >= 0.3 is 5.97 Å². The van der Waals surface area contributed by atoms with E-state index >= 15 is 0 Å². The SMILES string of the molecule is CC(=O)N[C@@H](CCCN=C(N)N)C(=O)N[C@H]1CCC(=O)NCC/C=C(/C(=O)O)NC(=O)[C@H](Cc2c[nH]c3ccccc23)NC(=O)[C@H](CCCN=C(N)N)NC(=O)[C@@H](Cc2ccccc2)NC(=O)[C@H](CCCCN)NC1=O. The molecule has 0 bridgehead atoms. The molecule has 1 aromatic heterocycles. The molecule has 26 nitrogen and oxygen atoms in total. The Balaban J connectivity index is 1.80. The van der Waals surface area contributed by atoms with Crippen LogP contribution in [0.15, 0.2) is 82.6 Å². The molecule has 76 heavy (non-hydrogen) atoms. The predicted octanol–water partition coefficient (Wildman–Crippen LogP) is -2.50. The largest absolute Gasteiger partial charge is 0.477 e. The van der Waals surface area contributed by atoms with Gasteiger partial charge in [-0.3, -0.25) is 48.3 Å². The van der Waals surface area contributed by atoms with Crippen LogP contribution in [0.2, 0.25) is 0 Å². The molecule has 0 fully saturated rings. The predicted molar refractivity (Wildman–Crippen MR) is 283 cm³/mol. The number of hydrogen-bond acceptors (Lipinski definition) is 12. The fraction of sp³-hybridized carbons (Fsp3) is 0.460. The number of guanidine groups is 2. The Kier molecular flexibility index (Phi) is 24.7. The van der Waals surface area contributed by atoms with E-state index in [4.69, 9.17) is 28.7 Å². The van der Waals surface area contributed by atoms with Crippen molar-refractivity contribution in [1.82, 2.24) is 47.5 Å². The van der Waals surface area contributed by atoms with Gasteiger partial charge in [0, 0.05) is 62.9 Å². The molecule has 8 amide bonds. The lowest BCUT2D eigenvalue weighted by Crippen LogP contribution is -2.60. The minimum absolute atomic E-state index is 0.0104. The van der Waals surface area contributed by atoms with Gasteiger partial charge in [-0.15, -0.1) is 0 Å². The molecule has 1 aliphatic rings. The van der Waals surface area contributed by atoms with Gasteiger partial charge in [0.25, 0.3) is 0 Å². The number of hydrogen-bond donors (Lipinski definition) is 15. The number of nitrogens with two attached hydrogens (primary N) is 5. The number of nitrogens with one attached hydrogen (secondary N) is 9. The molecule has 0 radical (unpaired) electrons. The van der Waals surface area contributed by atoms with E-state index in [0.717, 1.165) is 10.9 Å². The molecule has 0 saturated carbocycles. The first kappa shape index (κ1) is 60.0. The summed E-state index contributed by atoms with van der Waals surface area (Å²) in [6.07, 6.45) is 2.88. The molecule has 0 aliphatic carbocycles. The Morgan fingerprint density at radius 2 is 1.32 bits per heavy atom. The van der Waals surface area contributed by atoms with Crippen molar-refractivity contribution in [3.8, 4) is 0 Å². The number of nitrogens with zero attached hydrogens (tertiary/aromatic N) is 2. The van der Waals surface area contributed by atoms with Crippen LogP contribution in [0.3, 0.4) is 0 Å². The highest BCUT2D eigenvalue weighted by Crippen LogP contribution is 2.20. The van der Waals surface area contributed by atoms with Crippen molar-refractivity contribution in [2.45, 2.75) is 120 Å². The molecule has 0 saturated heterocycles. The molecule has 0 spiro atoms. The smallest absolute Gasteiger partial charge is 0.352 e. The maximum Gasteiger partial charge on any atom is 0.352 e. The van der Waals surface area contributed by atoms with Crippen LogP contribution in [0.1, 0.15) is 82.3 Å². The molecule has 2 aromatic carbocycles. The van der Waals surface area contributed by atoms with Crippen LogP contribution in [0, 0.1) is 0 Å². The third kappa shape index (κ3) is 20.8. The minimum Gasteiger partial charge on any atom is -0.477 e. The summed E-state index contributed by atoms with van der Waals surface area (Å²) >= 11 is 0. The first-order chi connectivity index (χ1) is 36.3. The second-order valence-corrected chi connectivity index (χ2v) is 18.1. The maximum atomic E-state index is 14.6. The van der Waals surface area contributed by atoms with Crippen LogP contribution in [0.5, 0.6) is 0 Å². The number of fused-ring (bicyclic) bond motifs is 1. The second-order valence-electron chi connectivity index (χ2n) is 18.1. The number of carbonyl (C=O) groups is 9. The number of aromatic nitrogens is 1. The van der Waals surface area contributed by atoms with Crippen LogP contribution in [-0.2, 0) is 56.0 Å². The molecule has 2 heterocycles. The molecule has 4 rings (SSSR count). The summed E-state index contributed by atoms with van der Waals surface area (Å²) in [6, 6.07) is 7.62. The Morgan fingerprint density at radius 3 is 1.96 bits per heavy atom. The molecule has 0 unspecified atom stereocenters. The molecular formula is C50H72N16O10. The van der Waals surface area contributed by atoms with Crippen molar-refractivity contribution >= 4 is 76.0 Å². The van der Waals surface area contributed by atoms with Crippen LogP contribution in [0.25, 0.3) is 10.9 Å². The summed E-state index contributed by atoms with van der Waals surface area (Å²) in [5.41, 5.74) is 29.2. The average molecular weight is 1060 g/mol. The Hall–Kier alpha value is -8.55. The number of amides is 8. The number of aliphatic imine (C=N–C) groups is 2. The average Bonchev–Trinajstić information content (AvgIpc) is 3.78. The zero-order chi connectivity index (χ0) is 55.6. The number of para-hydroxylation sites is 1. The van der Waals surface area contributed by atoms with E-state index in [1.807, 2.05) is 6.07 Å². The maximum absolute atomic E-state index is 14.6. The van der Waals surface area contributed by atoms with Crippen LogP contribution < -0.4 is 71.2 Å². The summed E-state index contributed by atoms with van der Waals surface area (Å²) in [6.45, 7) is 1.46. The third-order valence-electron chi connectivity index (χ3n) is 12.0. The second kappa shape index (κ2) is 31.2. The van der Waals surface area contributed by atoms with Crippen molar-refractivity contribution in [1.29, 1.82) is 0 Å². The molecule has 20 N–H and O–H groups in total. The number of aromatic amines is 1. The van der Waals surface area contributed by atoms with Gasteiger partial charge in [0.05, 0.1) is 0 Å². The molecular weight excluding hydrogens is 985 g/mol. The fourth-order valence-corrected chi connectivity index (χ4v) is 8.17. The summed E-state index contributed by atoms with van der Waals surface area (Å²) < 4.78 is 0. The number of aliphatic carboxylic acids is 1. The zero-order valence-corrected chi connectivity index (χ0v) is 42.5. The summed E-state index contributed by atoms with van der Waals surface area (Å²) in [4.78, 5) is 135. The van der Waals surface area contributed by atoms with E-state index in [2.05, 4.69) is 57.5 Å². The van der Waals surface area contributed by atoms with Crippen molar-refractivity contribution in [3.63, 3.8) is 0 Å². The molecule has 3 aromatic rings. The number of rotatable bonds is 20. The number of unbranched alkanes of at least 4 members (excludes halogenated alkanes) is 1. The third-order valence-corrected chi connectivity index (χ3v) is 12.0. The van der Waals surface area contributed by atoms with Crippen LogP contribution in [0.4, 0.5) is 0 Å². The molecule has 6 atom stereocenters. The lowest BCUT2D eigenvalue weighted by Gasteiger charge is -2.28. The normalized spacial score (nSPS) is 20.6. The summed E-state index contributed by atoms with van der Waals surface area (Å²) in [5, 5.41) is 32.0. The van der Waals surface area contributed by atoms with Gasteiger partial charge in [-0.25, -0.2) is 4.79 Å². The highest BCUT2D eigenvalue weighted by atomic mass is 16.4. The van der Waals surface area contributed by atoms with Gasteiger partial charge < -0.3 is 81.3 Å². The highest BCUT2D eigenvalue weighted by molar-refractivity contribution is 5.99. The van der Waals surface area contributed by atoms with Gasteiger partial charge in [-0.2, -0.15) is 0 Å². The lowest BCUT2D eigenvalue weighted by atomic mass is 10.0. The Bertz CT molecular complexity index is 2580. The standard InChI is InChI=1S/C50H72N16O10/c1-29(67)60-34(17-9-24-57-49(52)53)42(69)63-37-20-21-41(68)56-23-11-19-38(48(75)76)64-47(74)40(27-31-28-59-33-15-6-5-14-32(31)33)66-44(71)36(18-10-25-58-50(54)55)62-46(73)39(26-30-12-3-2-4-13-30)65-43(70)35(61-45(37)72)16-7-8-22-51/h2-6,12-15,19,28,34-37,39-40,59H,7-11,16-18,20-27,51H2,1H3,(H,56,68)(H,60,67)(H,61,72)(H,62,73)(H,63,69)(H,64,74)(H,65,70)(H,66,71)(H,75,76)(H4,52,53,57)(H4,54,55,58)/b38-19-/t34-,35-,36-,37-,39+,40-/m0/s1. The van der Waals surface area contributed by atoms with Gasteiger partial charge in [-0.1, -0.05) is 54.6 Å². The van der Waals surface area contributed by atoms with Crippen molar-refractivity contribution in [3.05, 3.63) is 83.7 Å². The van der Waals surface area contributed by atoms with E-state index in [0.29, 0.717) is 24.0 Å². The van der Waals surface area contributed by atoms with E-state index < -0.39 is 95.2 Å². The molecule has 26 heteroatoms. The molecule has 412 valence electrons. The molecule has 1 aliphatic heterocycles. The number of benzene rings is 2. The van der Waals surface area contributed by atoms with E-state index in [1.165, 1.54) is 13.0 Å². The monoisotopic (exact) mass is 1060 g/mol. The first-order valence-electron chi connectivity index (χ1n) is 25.0. The van der Waals surface area contributed by atoms with Crippen molar-refractivity contribution in [2.75, 3.05) is 26.2 Å².